The summed E-state index contributed by atoms with van der Waals surface area (Å²) in [4.78, 5) is 38.6. The predicted octanol–water partition coefficient (Wildman–Crippen LogP) is 2.76. The topological polar surface area (TPSA) is 105 Å². The van der Waals surface area contributed by atoms with E-state index in [-0.39, 0.29) is 43.4 Å². The summed E-state index contributed by atoms with van der Waals surface area (Å²) >= 11 is 0. The van der Waals surface area contributed by atoms with Gasteiger partial charge in [-0.05, 0) is 35.1 Å². The number of aliphatic carboxylic acids is 1. The van der Waals surface area contributed by atoms with Crippen LogP contribution in [0.1, 0.15) is 36.3 Å². The Hall–Kier alpha value is -3.39. The molecule has 2 aromatic carbocycles. The molecule has 2 bridgehead atoms. The van der Waals surface area contributed by atoms with Crippen LogP contribution in [0.2, 0.25) is 0 Å². The molecule has 2 aromatic rings. The van der Waals surface area contributed by atoms with E-state index < -0.39 is 18.1 Å². The molecule has 33 heavy (non-hydrogen) atoms. The molecule has 3 aliphatic rings. The summed E-state index contributed by atoms with van der Waals surface area (Å²) < 4.78 is 11.1. The van der Waals surface area contributed by atoms with Gasteiger partial charge >= 0.3 is 12.1 Å². The molecule has 2 amide bonds. The van der Waals surface area contributed by atoms with Gasteiger partial charge in [-0.3, -0.25) is 9.59 Å². The van der Waals surface area contributed by atoms with Crippen LogP contribution in [0.25, 0.3) is 11.1 Å². The van der Waals surface area contributed by atoms with Crippen molar-refractivity contribution < 1.29 is 29.0 Å². The van der Waals surface area contributed by atoms with Crippen molar-refractivity contribution in [2.75, 3.05) is 19.8 Å². The van der Waals surface area contributed by atoms with E-state index in [9.17, 15) is 14.4 Å². The zero-order chi connectivity index (χ0) is 22.9. The van der Waals surface area contributed by atoms with Gasteiger partial charge in [-0.2, -0.15) is 0 Å². The second-order valence-electron chi connectivity index (χ2n) is 8.79. The standard InChI is InChI=1S/C25H26N2O6/c28-23(29)10-9-22(24(30)27-12-16-11-15(27)13-32-16)26-25(31)33-14-21-19-7-3-1-5-17(19)18-6-2-4-8-20(18)21/h1-8,15-16,21-22H,9-14H2,(H,26,31)(H,28,29). The highest BCUT2D eigenvalue weighted by atomic mass is 16.5. The molecule has 2 saturated heterocycles. The number of carbonyl (C=O) groups is 3. The monoisotopic (exact) mass is 450 g/mol. The third-order valence-corrected chi connectivity index (χ3v) is 6.76. The lowest BCUT2D eigenvalue weighted by Crippen LogP contribution is -2.52. The SMILES string of the molecule is O=C(O)CCC(NC(=O)OCC1c2ccccc2-c2ccccc21)C(=O)N1CC2CC1CO2. The number of fused-ring (bicyclic) bond motifs is 5. The Morgan fingerprint density at radius 3 is 2.33 bits per heavy atom. The first-order valence-corrected chi connectivity index (χ1v) is 11.3. The number of likely N-dealkylation sites (tertiary alicyclic amines) is 1. The van der Waals surface area contributed by atoms with E-state index in [1.165, 1.54) is 0 Å². The minimum atomic E-state index is -1.02. The number of alkyl carbamates (subject to hydrolysis) is 1. The first-order chi connectivity index (χ1) is 16.0. The third kappa shape index (κ3) is 4.18. The van der Waals surface area contributed by atoms with Crippen molar-refractivity contribution in [1.82, 2.24) is 10.2 Å². The molecule has 8 nitrogen and oxygen atoms in total. The summed E-state index contributed by atoms with van der Waals surface area (Å²) in [6.07, 6.45) is -0.136. The van der Waals surface area contributed by atoms with Gasteiger partial charge in [0, 0.05) is 18.9 Å². The number of benzene rings is 2. The normalized spacial score (nSPS) is 21.4. The van der Waals surface area contributed by atoms with Crippen molar-refractivity contribution in [3.05, 3.63) is 59.7 Å². The van der Waals surface area contributed by atoms with Crippen LogP contribution in [-0.4, -0.2) is 65.9 Å². The van der Waals surface area contributed by atoms with E-state index in [4.69, 9.17) is 14.6 Å². The molecule has 2 fully saturated rings. The third-order valence-electron chi connectivity index (χ3n) is 6.76. The van der Waals surface area contributed by atoms with Crippen LogP contribution in [-0.2, 0) is 19.1 Å². The fourth-order valence-electron chi connectivity index (χ4n) is 5.18. The van der Waals surface area contributed by atoms with E-state index in [1.54, 1.807) is 4.90 Å². The van der Waals surface area contributed by atoms with Crippen LogP contribution in [0.4, 0.5) is 4.79 Å². The summed E-state index contributed by atoms with van der Waals surface area (Å²) in [7, 11) is 0. The van der Waals surface area contributed by atoms with Crippen LogP contribution < -0.4 is 5.32 Å². The van der Waals surface area contributed by atoms with Crippen molar-refractivity contribution >= 4 is 18.0 Å². The number of hydrogen-bond acceptors (Lipinski definition) is 5. The van der Waals surface area contributed by atoms with Gasteiger partial charge in [-0.1, -0.05) is 48.5 Å². The number of morpholine rings is 1. The first-order valence-electron chi connectivity index (χ1n) is 11.3. The number of carboxylic acid groups (broad SMARTS) is 1. The molecule has 0 radical (unpaired) electrons. The number of carbonyl (C=O) groups excluding carboxylic acids is 2. The molecule has 0 spiro atoms. The largest absolute Gasteiger partial charge is 0.481 e. The number of nitrogens with one attached hydrogen (secondary N) is 1. The van der Waals surface area contributed by atoms with Gasteiger partial charge in [0.2, 0.25) is 5.91 Å². The number of amides is 2. The highest BCUT2D eigenvalue weighted by Gasteiger charge is 2.43. The van der Waals surface area contributed by atoms with Gasteiger partial charge in [-0.15, -0.1) is 0 Å². The second kappa shape index (κ2) is 8.86. The molecule has 1 aliphatic carbocycles. The fraction of sp³-hybridized carbons (Fsp3) is 0.400. The number of rotatable bonds is 7. The predicted molar refractivity (Wildman–Crippen MR) is 119 cm³/mol. The Morgan fingerprint density at radius 1 is 1.09 bits per heavy atom. The van der Waals surface area contributed by atoms with Gasteiger partial charge in [-0.25, -0.2) is 4.79 Å². The highest BCUT2D eigenvalue weighted by molar-refractivity contribution is 5.87. The zero-order valence-corrected chi connectivity index (χ0v) is 18.1. The van der Waals surface area contributed by atoms with E-state index in [0.29, 0.717) is 13.2 Å². The Kier molecular flexibility index (Phi) is 5.76. The molecule has 0 aromatic heterocycles. The maximum atomic E-state index is 13.1. The van der Waals surface area contributed by atoms with E-state index >= 15 is 0 Å². The molecule has 2 aliphatic heterocycles. The lowest BCUT2D eigenvalue weighted by molar-refractivity contribution is -0.139. The molecule has 2 heterocycles. The lowest BCUT2D eigenvalue weighted by atomic mass is 9.98. The number of carboxylic acids is 1. The molecular weight excluding hydrogens is 424 g/mol. The second-order valence-corrected chi connectivity index (χ2v) is 8.79. The summed E-state index contributed by atoms with van der Waals surface area (Å²) in [5, 5.41) is 11.7. The summed E-state index contributed by atoms with van der Waals surface area (Å²) in [5.74, 6) is -1.39. The highest BCUT2D eigenvalue weighted by Crippen LogP contribution is 2.44. The number of hydrogen-bond donors (Lipinski definition) is 2. The smallest absolute Gasteiger partial charge is 0.407 e. The van der Waals surface area contributed by atoms with Crippen LogP contribution in [0.5, 0.6) is 0 Å². The molecule has 172 valence electrons. The van der Waals surface area contributed by atoms with Crippen LogP contribution in [0.15, 0.2) is 48.5 Å². The quantitative estimate of drug-likeness (QED) is 0.672. The van der Waals surface area contributed by atoms with Crippen molar-refractivity contribution in [2.45, 2.75) is 43.4 Å². The van der Waals surface area contributed by atoms with Crippen molar-refractivity contribution in [3.63, 3.8) is 0 Å². The Labute approximate surface area is 191 Å². The average molecular weight is 450 g/mol. The van der Waals surface area contributed by atoms with E-state index in [0.717, 1.165) is 28.7 Å². The Morgan fingerprint density at radius 2 is 1.76 bits per heavy atom. The van der Waals surface area contributed by atoms with Crippen molar-refractivity contribution in [3.8, 4) is 11.1 Å². The van der Waals surface area contributed by atoms with Crippen molar-refractivity contribution in [1.29, 1.82) is 0 Å². The molecule has 3 atom stereocenters. The molecule has 8 heteroatoms. The van der Waals surface area contributed by atoms with E-state index in [1.807, 2.05) is 36.4 Å². The van der Waals surface area contributed by atoms with Gasteiger partial charge in [0.15, 0.2) is 0 Å². The maximum Gasteiger partial charge on any atom is 0.407 e. The van der Waals surface area contributed by atoms with Gasteiger partial charge in [0.05, 0.1) is 18.8 Å². The molecule has 5 rings (SSSR count). The first kappa shape index (κ1) is 21.5. The van der Waals surface area contributed by atoms with Gasteiger partial charge in [0.25, 0.3) is 0 Å². The summed E-state index contributed by atoms with van der Waals surface area (Å²) in [6, 6.07) is 15.1. The molecule has 3 unspecified atom stereocenters. The average Bonchev–Trinajstić information content (AvgIpc) is 3.53. The molecule has 2 N–H and O–H groups in total. The molecular formula is C25H26N2O6. The van der Waals surface area contributed by atoms with Crippen LogP contribution in [0.3, 0.4) is 0 Å². The van der Waals surface area contributed by atoms with Gasteiger partial charge in [0.1, 0.15) is 12.6 Å². The van der Waals surface area contributed by atoms with Crippen LogP contribution >= 0.6 is 0 Å². The Balaban J connectivity index is 1.25. The summed E-state index contributed by atoms with van der Waals surface area (Å²) in [6.45, 7) is 1.08. The maximum absolute atomic E-state index is 13.1. The van der Waals surface area contributed by atoms with Gasteiger partial charge < -0.3 is 24.8 Å². The van der Waals surface area contributed by atoms with Crippen molar-refractivity contribution in [2.24, 2.45) is 0 Å². The van der Waals surface area contributed by atoms with E-state index in [2.05, 4.69) is 17.4 Å². The number of nitrogens with zero attached hydrogens (tertiary/aromatic N) is 1. The fourth-order valence-corrected chi connectivity index (χ4v) is 5.18. The lowest BCUT2D eigenvalue weighted by Gasteiger charge is -2.30. The summed E-state index contributed by atoms with van der Waals surface area (Å²) in [5.41, 5.74) is 4.45. The molecule has 0 saturated carbocycles. The van der Waals surface area contributed by atoms with Crippen LogP contribution in [0, 0.1) is 0 Å². The minimum absolute atomic E-state index is 0.00705. The Bertz CT molecular complexity index is 1040. The zero-order valence-electron chi connectivity index (χ0n) is 18.1. The minimum Gasteiger partial charge on any atom is -0.481 e. The number of ether oxygens (including phenoxy) is 2.